The lowest BCUT2D eigenvalue weighted by molar-refractivity contribution is 0.355. The topological polar surface area (TPSA) is 72.9 Å². The first kappa shape index (κ1) is 12.6. The molecule has 0 saturated carbocycles. The highest BCUT2D eigenvalue weighted by Crippen LogP contribution is 2.20. The summed E-state index contributed by atoms with van der Waals surface area (Å²) in [4.78, 5) is 8.42. The molecule has 0 aromatic carbocycles. The highest BCUT2D eigenvalue weighted by molar-refractivity contribution is 5.57. The number of hydrogen-bond donors (Lipinski definition) is 1. The van der Waals surface area contributed by atoms with Gasteiger partial charge in [-0.2, -0.15) is 19.7 Å². The van der Waals surface area contributed by atoms with E-state index in [-0.39, 0.29) is 5.54 Å². The molecule has 3 aromatic rings. The SMILES string of the molecule is Cc1cc(Nc2cnn(C(C)(C)C)c2)n2ncnc2n1. The van der Waals surface area contributed by atoms with Crippen LogP contribution in [0.15, 0.2) is 24.8 Å². The van der Waals surface area contributed by atoms with E-state index >= 15 is 0 Å². The van der Waals surface area contributed by atoms with Crippen LogP contribution >= 0.6 is 0 Å². The third-order valence-corrected chi connectivity index (χ3v) is 2.92. The number of hydrogen-bond acceptors (Lipinski definition) is 5. The summed E-state index contributed by atoms with van der Waals surface area (Å²) in [5, 5.41) is 11.8. The zero-order valence-corrected chi connectivity index (χ0v) is 12.0. The van der Waals surface area contributed by atoms with Gasteiger partial charge in [-0.3, -0.25) is 4.68 Å². The fraction of sp³-hybridized carbons (Fsp3) is 0.385. The Kier molecular flexibility index (Phi) is 2.70. The molecule has 0 saturated heterocycles. The van der Waals surface area contributed by atoms with Gasteiger partial charge in [0.05, 0.1) is 17.4 Å². The van der Waals surface area contributed by atoms with Crippen LogP contribution in [0.4, 0.5) is 11.5 Å². The first-order chi connectivity index (χ1) is 9.43. The predicted molar refractivity (Wildman–Crippen MR) is 76.0 cm³/mol. The molecule has 0 aliphatic carbocycles. The summed E-state index contributed by atoms with van der Waals surface area (Å²) >= 11 is 0. The molecule has 3 aromatic heterocycles. The molecule has 7 nitrogen and oxygen atoms in total. The summed E-state index contributed by atoms with van der Waals surface area (Å²) in [5.74, 6) is 1.40. The lowest BCUT2D eigenvalue weighted by atomic mass is 10.1. The number of nitrogens with one attached hydrogen (secondary N) is 1. The quantitative estimate of drug-likeness (QED) is 0.773. The van der Waals surface area contributed by atoms with Crippen molar-refractivity contribution in [1.29, 1.82) is 0 Å². The smallest absolute Gasteiger partial charge is 0.254 e. The number of fused-ring (bicyclic) bond motifs is 1. The Bertz CT molecular complexity index is 748. The highest BCUT2D eigenvalue weighted by Gasteiger charge is 2.14. The van der Waals surface area contributed by atoms with Crippen molar-refractivity contribution >= 4 is 17.3 Å². The molecular weight excluding hydrogens is 254 g/mol. The van der Waals surface area contributed by atoms with Gasteiger partial charge in [-0.1, -0.05) is 0 Å². The number of aromatic nitrogens is 6. The van der Waals surface area contributed by atoms with Gasteiger partial charge in [0.1, 0.15) is 12.1 Å². The van der Waals surface area contributed by atoms with Crippen LogP contribution in [0.25, 0.3) is 5.78 Å². The Labute approximate surface area is 116 Å². The van der Waals surface area contributed by atoms with Gasteiger partial charge in [0.2, 0.25) is 0 Å². The summed E-state index contributed by atoms with van der Waals surface area (Å²) in [6, 6.07) is 1.93. The minimum Gasteiger partial charge on any atom is -0.337 e. The Balaban J connectivity index is 1.97. The number of rotatable bonds is 2. The molecule has 0 amide bonds. The molecular formula is C13H17N7. The minimum absolute atomic E-state index is 0.0450. The average Bonchev–Trinajstić information content (AvgIpc) is 2.95. The maximum atomic E-state index is 4.37. The van der Waals surface area contributed by atoms with Crippen LogP contribution in [0.2, 0.25) is 0 Å². The van der Waals surface area contributed by atoms with Gasteiger partial charge in [-0.25, -0.2) is 4.98 Å². The normalized spacial score (nSPS) is 12.0. The number of nitrogens with zero attached hydrogens (tertiary/aromatic N) is 6. The molecule has 0 spiro atoms. The summed E-state index contributed by atoms with van der Waals surface area (Å²) in [6.45, 7) is 8.25. The van der Waals surface area contributed by atoms with Gasteiger partial charge >= 0.3 is 0 Å². The maximum absolute atomic E-state index is 4.37. The second-order valence-corrected chi connectivity index (χ2v) is 5.72. The molecule has 0 fully saturated rings. The summed E-state index contributed by atoms with van der Waals surface area (Å²) in [6.07, 6.45) is 5.26. The monoisotopic (exact) mass is 271 g/mol. The standard InChI is InChI=1S/C13H17N7/c1-9-5-11(20-12(17-9)14-8-16-20)18-10-6-15-19(7-10)13(2,3)4/h5-8,18H,1-4H3. The molecule has 0 unspecified atom stereocenters. The zero-order chi connectivity index (χ0) is 14.3. The fourth-order valence-corrected chi connectivity index (χ4v) is 1.92. The third kappa shape index (κ3) is 2.22. The van der Waals surface area contributed by atoms with Gasteiger partial charge in [-0.05, 0) is 27.7 Å². The molecule has 104 valence electrons. The molecule has 7 heteroatoms. The zero-order valence-electron chi connectivity index (χ0n) is 12.0. The molecule has 0 aliphatic rings. The summed E-state index contributed by atoms with van der Waals surface area (Å²) in [5.41, 5.74) is 1.75. The van der Waals surface area contributed by atoms with Crippen molar-refractivity contribution in [2.24, 2.45) is 0 Å². The van der Waals surface area contributed by atoms with Crippen molar-refractivity contribution in [1.82, 2.24) is 29.4 Å². The van der Waals surface area contributed by atoms with Crippen molar-refractivity contribution in [3.05, 3.63) is 30.5 Å². The molecule has 20 heavy (non-hydrogen) atoms. The lowest BCUT2D eigenvalue weighted by Gasteiger charge is -2.18. The average molecular weight is 271 g/mol. The largest absolute Gasteiger partial charge is 0.337 e. The van der Waals surface area contributed by atoms with Crippen LogP contribution in [0, 0.1) is 6.92 Å². The molecule has 0 aliphatic heterocycles. The van der Waals surface area contributed by atoms with E-state index in [0.29, 0.717) is 5.78 Å². The molecule has 0 atom stereocenters. The Morgan fingerprint density at radius 1 is 1.20 bits per heavy atom. The number of aryl methyl sites for hydroxylation is 1. The second kappa shape index (κ2) is 4.29. The van der Waals surface area contributed by atoms with Crippen LogP contribution in [-0.4, -0.2) is 29.4 Å². The summed E-state index contributed by atoms with van der Waals surface area (Å²) < 4.78 is 3.59. The van der Waals surface area contributed by atoms with Gasteiger partial charge in [-0.15, -0.1) is 0 Å². The van der Waals surface area contributed by atoms with Gasteiger partial charge in [0, 0.05) is 18.0 Å². The van der Waals surface area contributed by atoms with E-state index in [1.54, 1.807) is 10.7 Å². The second-order valence-electron chi connectivity index (χ2n) is 5.72. The minimum atomic E-state index is -0.0450. The van der Waals surface area contributed by atoms with E-state index in [1.165, 1.54) is 6.33 Å². The molecule has 3 rings (SSSR count). The maximum Gasteiger partial charge on any atom is 0.254 e. The molecule has 0 radical (unpaired) electrons. The van der Waals surface area contributed by atoms with Crippen molar-refractivity contribution in [2.75, 3.05) is 5.32 Å². The predicted octanol–water partition coefficient (Wildman–Crippen LogP) is 2.13. The van der Waals surface area contributed by atoms with Crippen LogP contribution in [0.5, 0.6) is 0 Å². The Morgan fingerprint density at radius 2 is 2.00 bits per heavy atom. The van der Waals surface area contributed by atoms with E-state index in [9.17, 15) is 0 Å². The summed E-state index contributed by atoms with van der Waals surface area (Å²) in [7, 11) is 0. The van der Waals surface area contributed by atoms with E-state index < -0.39 is 0 Å². The van der Waals surface area contributed by atoms with E-state index in [1.807, 2.05) is 23.9 Å². The van der Waals surface area contributed by atoms with E-state index in [4.69, 9.17) is 0 Å². The van der Waals surface area contributed by atoms with E-state index in [0.717, 1.165) is 17.2 Å². The van der Waals surface area contributed by atoms with Gasteiger partial charge in [0.25, 0.3) is 5.78 Å². The number of anilines is 2. The van der Waals surface area contributed by atoms with Crippen LogP contribution in [0.3, 0.4) is 0 Å². The van der Waals surface area contributed by atoms with Crippen LogP contribution in [-0.2, 0) is 5.54 Å². The van der Waals surface area contributed by atoms with E-state index in [2.05, 4.69) is 46.3 Å². The first-order valence-corrected chi connectivity index (χ1v) is 6.43. The molecule has 3 heterocycles. The molecule has 0 bridgehead atoms. The third-order valence-electron chi connectivity index (χ3n) is 2.92. The first-order valence-electron chi connectivity index (χ1n) is 6.43. The Hall–Kier alpha value is -2.44. The van der Waals surface area contributed by atoms with Crippen molar-refractivity contribution in [3.8, 4) is 0 Å². The fourth-order valence-electron chi connectivity index (χ4n) is 1.92. The lowest BCUT2D eigenvalue weighted by Crippen LogP contribution is -2.21. The molecule has 1 N–H and O–H groups in total. The Morgan fingerprint density at radius 3 is 2.70 bits per heavy atom. The van der Waals surface area contributed by atoms with Gasteiger partial charge < -0.3 is 5.32 Å². The highest BCUT2D eigenvalue weighted by atomic mass is 15.4. The van der Waals surface area contributed by atoms with Crippen molar-refractivity contribution in [2.45, 2.75) is 33.2 Å². The van der Waals surface area contributed by atoms with Gasteiger partial charge in [0.15, 0.2) is 0 Å². The van der Waals surface area contributed by atoms with Crippen molar-refractivity contribution in [3.63, 3.8) is 0 Å². The van der Waals surface area contributed by atoms with Crippen LogP contribution in [0.1, 0.15) is 26.5 Å². The van der Waals surface area contributed by atoms with Crippen molar-refractivity contribution < 1.29 is 0 Å². The van der Waals surface area contributed by atoms with Crippen LogP contribution < -0.4 is 5.32 Å².